The second-order valence-corrected chi connectivity index (χ2v) is 6.95. The third-order valence-corrected chi connectivity index (χ3v) is 5.77. The van der Waals surface area contributed by atoms with Crippen LogP contribution < -0.4 is 5.73 Å². The first-order chi connectivity index (χ1) is 9.28. The molecule has 2 saturated carbocycles. The van der Waals surface area contributed by atoms with E-state index in [-0.39, 0.29) is 12.4 Å². The van der Waals surface area contributed by atoms with Crippen LogP contribution >= 0.6 is 12.4 Å². The summed E-state index contributed by atoms with van der Waals surface area (Å²) >= 11 is 0. The number of nitrogens with two attached hydrogens (primary N) is 1. The van der Waals surface area contributed by atoms with E-state index in [1.165, 1.54) is 44.9 Å². The minimum atomic E-state index is 0. The highest BCUT2D eigenvalue weighted by Gasteiger charge is 2.41. The Morgan fingerprint density at radius 2 is 2.00 bits per heavy atom. The fraction of sp³-hybridized carbons (Fsp3) is 0.938. The van der Waals surface area contributed by atoms with Gasteiger partial charge in [0.25, 0.3) is 0 Å². The molecule has 2 bridgehead atoms. The van der Waals surface area contributed by atoms with Crippen LogP contribution in [-0.4, -0.2) is 29.9 Å². The van der Waals surface area contributed by atoms with Gasteiger partial charge in [-0.05, 0) is 69.2 Å². The topological polar surface area (TPSA) is 46.3 Å². The molecule has 0 radical (unpaired) electrons. The number of fused-ring (bicyclic) bond motifs is 2. The zero-order valence-corrected chi connectivity index (χ0v) is 13.2. The van der Waals surface area contributed by atoms with Crippen molar-refractivity contribution < 1.29 is 4.79 Å². The highest BCUT2D eigenvalue weighted by atomic mass is 35.5. The summed E-state index contributed by atoms with van der Waals surface area (Å²) in [4.78, 5) is 14.8. The number of amides is 1. The molecule has 1 amide bonds. The molecule has 4 unspecified atom stereocenters. The Labute approximate surface area is 129 Å². The quantitative estimate of drug-likeness (QED) is 0.867. The monoisotopic (exact) mass is 300 g/mol. The van der Waals surface area contributed by atoms with Gasteiger partial charge < -0.3 is 10.6 Å². The smallest absolute Gasteiger partial charge is 0.223 e. The van der Waals surface area contributed by atoms with E-state index in [9.17, 15) is 4.79 Å². The number of carbonyl (C=O) groups excluding carboxylic acids is 1. The van der Waals surface area contributed by atoms with Gasteiger partial charge >= 0.3 is 0 Å². The summed E-state index contributed by atoms with van der Waals surface area (Å²) in [5, 5.41) is 0. The Morgan fingerprint density at radius 3 is 2.65 bits per heavy atom. The SMILES string of the molecule is Cl.NCCC1CCCCN1C(=O)CC1CC2CCC1C2. The summed E-state index contributed by atoms with van der Waals surface area (Å²) in [6.45, 7) is 1.69. The van der Waals surface area contributed by atoms with E-state index in [4.69, 9.17) is 5.73 Å². The molecule has 3 aliphatic rings. The van der Waals surface area contributed by atoms with Crippen molar-refractivity contribution in [2.75, 3.05) is 13.1 Å². The van der Waals surface area contributed by atoms with Crippen LogP contribution in [0.5, 0.6) is 0 Å². The van der Waals surface area contributed by atoms with Crippen LogP contribution in [0.25, 0.3) is 0 Å². The molecule has 1 aliphatic heterocycles. The van der Waals surface area contributed by atoms with Crippen molar-refractivity contribution in [3.05, 3.63) is 0 Å². The third-order valence-electron chi connectivity index (χ3n) is 5.77. The number of hydrogen-bond donors (Lipinski definition) is 1. The normalized spacial score (nSPS) is 36.0. The van der Waals surface area contributed by atoms with Gasteiger partial charge in [-0.3, -0.25) is 4.79 Å². The number of halogens is 1. The first kappa shape index (κ1) is 16.1. The van der Waals surface area contributed by atoms with E-state index in [2.05, 4.69) is 4.90 Å². The van der Waals surface area contributed by atoms with Gasteiger partial charge in [0.2, 0.25) is 5.91 Å². The number of hydrogen-bond acceptors (Lipinski definition) is 2. The van der Waals surface area contributed by atoms with Gasteiger partial charge in [-0.2, -0.15) is 0 Å². The van der Waals surface area contributed by atoms with Crippen LogP contribution in [0, 0.1) is 17.8 Å². The van der Waals surface area contributed by atoms with Gasteiger partial charge in [0.15, 0.2) is 0 Å². The zero-order chi connectivity index (χ0) is 13.2. The Bertz CT molecular complexity index is 334. The van der Waals surface area contributed by atoms with E-state index in [1.54, 1.807) is 0 Å². The molecule has 3 fully saturated rings. The van der Waals surface area contributed by atoms with Gasteiger partial charge in [-0.1, -0.05) is 6.42 Å². The average molecular weight is 301 g/mol. The van der Waals surface area contributed by atoms with E-state index in [0.717, 1.165) is 31.2 Å². The van der Waals surface area contributed by atoms with E-state index in [1.807, 2.05) is 0 Å². The Balaban J connectivity index is 0.00000147. The maximum absolute atomic E-state index is 12.6. The number of nitrogens with zero attached hydrogens (tertiary/aromatic N) is 1. The molecular formula is C16H29ClN2O. The fourth-order valence-corrected chi connectivity index (χ4v) is 4.79. The predicted molar refractivity (Wildman–Crippen MR) is 83.8 cm³/mol. The number of rotatable bonds is 4. The van der Waals surface area contributed by atoms with Gasteiger partial charge in [-0.25, -0.2) is 0 Å². The Morgan fingerprint density at radius 1 is 1.15 bits per heavy atom. The Kier molecular flexibility index (Phi) is 5.74. The number of carbonyl (C=O) groups is 1. The van der Waals surface area contributed by atoms with Crippen LogP contribution in [0.4, 0.5) is 0 Å². The lowest BCUT2D eigenvalue weighted by atomic mass is 9.85. The van der Waals surface area contributed by atoms with Crippen LogP contribution in [0.15, 0.2) is 0 Å². The second-order valence-electron chi connectivity index (χ2n) is 6.95. The lowest BCUT2D eigenvalue weighted by Gasteiger charge is -2.37. The summed E-state index contributed by atoms with van der Waals surface area (Å²) in [5.74, 6) is 2.94. The summed E-state index contributed by atoms with van der Waals surface area (Å²) < 4.78 is 0. The van der Waals surface area contributed by atoms with Crippen molar-refractivity contribution >= 4 is 18.3 Å². The third kappa shape index (κ3) is 3.30. The molecule has 3 rings (SSSR count). The molecule has 3 nitrogen and oxygen atoms in total. The van der Waals surface area contributed by atoms with Gasteiger partial charge in [0.05, 0.1) is 0 Å². The summed E-state index contributed by atoms with van der Waals surface area (Å²) in [6.07, 6.45) is 11.0. The van der Waals surface area contributed by atoms with Crippen molar-refractivity contribution in [1.29, 1.82) is 0 Å². The minimum absolute atomic E-state index is 0. The van der Waals surface area contributed by atoms with Crippen molar-refractivity contribution in [2.45, 2.75) is 63.8 Å². The number of likely N-dealkylation sites (tertiary alicyclic amines) is 1. The van der Waals surface area contributed by atoms with Crippen molar-refractivity contribution in [2.24, 2.45) is 23.5 Å². The first-order valence-corrected chi connectivity index (χ1v) is 8.27. The molecule has 0 aromatic heterocycles. The molecular weight excluding hydrogens is 272 g/mol. The Hall–Kier alpha value is -0.280. The highest BCUT2D eigenvalue weighted by molar-refractivity contribution is 5.85. The van der Waals surface area contributed by atoms with Crippen LogP contribution in [0.3, 0.4) is 0 Å². The molecule has 2 N–H and O–H groups in total. The van der Waals surface area contributed by atoms with Crippen LogP contribution in [0.1, 0.15) is 57.8 Å². The second kappa shape index (κ2) is 7.13. The van der Waals surface area contributed by atoms with E-state index < -0.39 is 0 Å². The van der Waals surface area contributed by atoms with E-state index >= 15 is 0 Å². The lowest BCUT2D eigenvalue weighted by molar-refractivity contribution is -0.136. The summed E-state index contributed by atoms with van der Waals surface area (Å²) in [6, 6.07) is 0.435. The largest absolute Gasteiger partial charge is 0.340 e. The zero-order valence-electron chi connectivity index (χ0n) is 12.4. The van der Waals surface area contributed by atoms with Crippen molar-refractivity contribution in [3.8, 4) is 0 Å². The summed E-state index contributed by atoms with van der Waals surface area (Å²) in [5.41, 5.74) is 5.70. The molecule has 116 valence electrons. The average Bonchev–Trinajstić information content (AvgIpc) is 3.02. The van der Waals surface area contributed by atoms with Crippen LogP contribution in [0.2, 0.25) is 0 Å². The van der Waals surface area contributed by atoms with Gasteiger partial charge in [0.1, 0.15) is 0 Å². The minimum Gasteiger partial charge on any atom is -0.340 e. The predicted octanol–water partition coefficient (Wildman–Crippen LogP) is 2.96. The van der Waals surface area contributed by atoms with Crippen LogP contribution in [-0.2, 0) is 4.79 Å². The molecule has 0 spiro atoms. The van der Waals surface area contributed by atoms with Gasteiger partial charge in [-0.15, -0.1) is 12.4 Å². The molecule has 0 aromatic carbocycles. The standard InChI is InChI=1S/C16H28N2O.ClH/c17-7-6-15-3-1-2-8-18(15)16(19)11-14-10-12-4-5-13(14)9-12;/h12-15H,1-11,17H2;1H. The number of piperidine rings is 1. The maximum atomic E-state index is 12.6. The van der Waals surface area contributed by atoms with Crippen molar-refractivity contribution in [3.63, 3.8) is 0 Å². The molecule has 20 heavy (non-hydrogen) atoms. The molecule has 1 heterocycles. The van der Waals surface area contributed by atoms with Gasteiger partial charge in [0, 0.05) is 19.0 Å². The van der Waals surface area contributed by atoms with E-state index in [0.29, 0.717) is 24.4 Å². The highest BCUT2D eigenvalue weighted by Crippen LogP contribution is 2.49. The fourth-order valence-electron chi connectivity index (χ4n) is 4.79. The molecule has 4 atom stereocenters. The molecule has 2 aliphatic carbocycles. The van der Waals surface area contributed by atoms with Crippen molar-refractivity contribution in [1.82, 2.24) is 4.90 Å². The molecule has 1 saturated heterocycles. The first-order valence-electron chi connectivity index (χ1n) is 8.27. The lowest BCUT2D eigenvalue weighted by Crippen LogP contribution is -2.45. The molecule has 4 heteroatoms. The molecule has 0 aromatic rings. The maximum Gasteiger partial charge on any atom is 0.223 e. The summed E-state index contributed by atoms with van der Waals surface area (Å²) in [7, 11) is 0.